The summed E-state index contributed by atoms with van der Waals surface area (Å²) in [6, 6.07) is 5.93. The number of hydrogen-bond donors (Lipinski definition) is 1. The van der Waals surface area contributed by atoms with Gasteiger partial charge in [-0.05, 0) is 12.1 Å². The monoisotopic (exact) mass is 316 g/mol. The molecule has 1 aromatic carbocycles. The molecule has 3 rings (SSSR count). The number of carboxylic acid groups (broad SMARTS) is 1. The van der Waals surface area contributed by atoms with Gasteiger partial charge in [-0.2, -0.15) is 0 Å². The van der Waals surface area contributed by atoms with E-state index in [0.29, 0.717) is 17.7 Å². The van der Waals surface area contributed by atoms with Gasteiger partial charge in [0.25, 0.3) is 5.91 Å². The van der Waals surface area contributed by atoms with Gasteiger partial charge in [-0.25, -0.2) is 9.78 Å². The Morgan fingerprint density at radius 1 is 1.35 bits per heavy atom. The summed E-state index contributed by atoms with van der Waals surface area (Å²) in [5, 5.41) is 9.29. The van der Waals surface area contributed by atoms with Gasteiger partial charge in [0.15, 0.2) is 12.2 Å². The van der Waals surface area contributed by atoms with Gasteiger partial charge in [0.1, 0.15) is 6.04 Å². The van der Waals surface area contributed by atoms with Crippen molar-refractivity contribution in [2.75, 3.05) is 13.7 Å². The van der Waals surface area contributed by atoms with Crippen LogP contribution in [0, 0.1) is 0 Å². The molecular weight excluding hydrogens is 300 g/mol. The van der Waals surface area contributed by atoms with E-state index in [1.807, 2.05) is 0 Å². The summed E-state index contributed by atoms with van der Waals surface area (Å²) in [5.41, 5.74) is 1.22. The van der Waals surface area contributed by atoms with Crippen molar-refractivity contribution in [3.63, 3.8) is 0 Å². The predicted molar refractivity (Wildman–Crippen MR) is 79.8 cm³/mol. The fraction of sp³-hybridized carbons (Fsp3) is 0.312. The van der Waals surface area contributed by atoms with Crippen molar-refractivity contribution in [3.8, 4) is 11.3 Å². The second-order valence-electron chi connectivity index (χ2n) is 5.35. The minimum absolute atomic E-state index is 0.256. The molecule has 0 aliphatic carbocycles. The van der Waals surface area contributed by atoms with E-state index in [1.165, 1.54) is 18.4 Å². The number of carbonyl (C=O) groups is 2. The number of aromatic nitrogens is 1. The van der Waals surface area contributed by atoms with Crippen LogP contribution in [0.25, 0.3) is 11.3 Å². The van der Waals surface area contributed by atoms with Crippen LogP contribution in [-0.4, -0.2) is 52.7 Å². The number of aliphatic carboxylic acids is 1. The first kappa shape index (κ1) is 15.2. The molecule has 7 nitrogen and oxygen atoms in total. The molecule has 2 heterocycles. The Morgan fingerprint density at radius 2 is 2.09 bits per heavy atom. The van der Waals surface area contributed by atoms with Crippen LogP contribution in [0.4, 0.5) is 0 Å². The highest BCUT2D eigenvalue weighted by Gasteiger charge is 2.40. The summed E-state index contributed by atoms with van der Waals surface area (Å²) in [7, 11) is 1.52. The number of methoxy groups -OCH3 is 1. The molecule has 1 amide bonds. The maximum atomic E-state index is 12.6. The number of likely N-dealkylation sites (tertiary alicyclic amines) is 1. The standard InChI is InChI=1S/C16H16N2O5/c1-22-12-6-13(16(20)21)18(8-12)15(19)11-4-2-10(3-5-11)14-7-17-9-23-14/h2-5,7,9,12-13H,6,8H2,1H3,(H,20,21). The van der Waals surface area contributed by atoms with E-state index in [1.54, 1.807) is 30.5 Å². The molecule has 1 saturated heterocycles. The number of amides is 1. The Morgan fingerprint density at radius 3 is 2.65 bits per heavy atom. The zero-order chi connectivity index (χ0) is 16.4. The molecule has 23 heavy (non-hydrogen) atoms. The van der Waals surface area contributed by atoms with Crippen molar-refractivity contribution in [2.24, 2.45) is 0 Å². The van der Waals surface area contributed by atoms with Gasteiger partial charge in [0.05, 0.1) is 12.3 Å². The number of hydrogen-bond acceptors (Lipinski definition) is 5. The molecule has 1 aliphatic rings. The molecular formula is C16H16N2O5. The van der Waals surface area contributed by atoms with Gasteiger partial charge in [-0.1, -0.05) is 12.1 Å². The summed E-state index contributed by atoms with van der Waals surface area (Å²) in [5.74, 6) is -0.731. The number of nitrogens with zero attached hydrogens (tertiary/aromatic N) is 2. The van der Waals surface area contributed by atoms with Crippen LogP contribution in [-0.2, 0) is 9.53 Å². The largest absolute Gasteiger partial charge is 0.480 e. The third-order valence-electron chi connectivity index (χ3n) is 3.99. The van der Waals surface area contributed by atoms with Crippen molar-refractivity contribution >= 4 is 11.9 Å². The van der Waals surface area contributed by atoms with Crippen molar-refractivity contribution in [3.05, 3.63) is 42.4 Å². The highest BCUT2D eigenvalue weighted by Crippen LogP contribution is 2.24. The first-order valence-electron chi connectivity index (χ1n) is 7.15. The summed E-state index contributed by atoms with van der Waals surface area (Å²) < 4.78 is 10.4. The Balaban J connectivity index is 1.80. The van der Waals surface area contributed by atoms with Gasteiger partial charge in [-0.15, -0.1) is 0 Å². The lowest BCUT2D eigenvalue weighted by molar-refractivity contribution is -0.141. The van der Waals surface area contributed by atoms with Gasteiger partial charge < -0.3 is 19.2 Å². The predicted octanol–water partition coefficient (Wildman–Crippen LogP) is 1.66. The van der Waals surface area contributed by atoms with E-state index in [2.05, 4.69) is 4.98 Å². The van der Waals surface area contributed by atoms with Crippen LogP contribution in [0.5, 0.6) is 0 Å². The van der Waals surface area contributed by atoms with Crippen molar-refractivity contribution < 1.29 is 23.8 Å². The Labute approximate surface area is 132 Å². The van der Waals surface area contributed by atoms with Gasteiger partial charge in [0, 0.05) is 31.2 Å². The molecule has 0 bridgehead atoms. The van der Waals surface area contributed by atoms with Crippen molar-refractivity contribution in [2.45, 2.75) is 18.6 Å². The van der Waals surface area contributed by atoms with Crippen LogP contribution >= 0.6 is 0 Å². The second-order valence-corrected chi connectivity index (χ2v) is 5.35. The average molecular weight is 316 g/mol. The number of benzene rings is 1. The van der Waals surface area contributed by atoms with Crippen LogP contribution in [0.1, 0.15) is 16.8 Å². The van der Waals surface area contributed by atoms with E-state index in [0.717, 1.165) is 5.56 Å². The molecule has 1 aromatic heterocycles. The van der Waals surface area contributed by atoms with E-state index >= 15 is 0 Å². The smallest absolute Gasteiger partial charge is 0.326 e. The SMILES string of the molecule is COC1CC(C(=O)O)N(C(=O)c2ccc(-c3cnco3)cc2)C1. The Hall–Kier alpha value is -2.67. The zero-order valence-corrected chi connectivity index (χ0v) is 12.5. The first-order chi connectivity index (χ1) is 11.1. The molecule has 120 valence electrons. The second kappa shape index (κ2) is 6.21. The van der Waals surface area contributed by atoms with Crippen molar-refractivity contribution in [1.29, 1.82) is 0 Å². The number of carbonyl (C=O) groups excluding carboxylic acids is 1. The van der Waals surface area contributed by atoms with E-state index in [4.69, 9.17) is 9.15 Å². The number of ether oxygens (including phenoxy) is 1. The molecule has 0 spiro atoms. The van der Waals surface area contributed by atoms with Crippen LogP contribution in [0.2, 0.25) is 0 Å². The Kier molecular flexibility index (Phi) is 4.12. The highest BCUT2D eigenvalue weighted by atomic mass is 16.5. The molecule has 1 fully saturated rings. The Bertz CT molecular complexity index is 696. The summed E-state index contributed by atoms with van der Waals surface area (Å²) in [6.07, 6.45) is 2.96. The van der Waals surface area contributed by atoms with Gasteiger partial charge >= 0.3 is 5.97 Å². The number of rotatable bonds is 4. The lowest BCUT2D eigenvalue weighted by Gasteiger charge is -2.21. The van der Waals surface area contributed by atoms with E-state index in [9.17, 15) is 14.7 Å². The van der Waals surface area contributed by atoms with E-state index < -0.39 is 12.0 Å². The molecule has 0 saturated carbocycles. The van der Waals surface area contributed by atoms with Gasteiger partial charge in [0.2, 0.25) is 0 Å². The topological polar surface area (TPSA) is 92.9 Å². The minimum atomic E-state index is -1.02. The summed E-state index contributed by atoms with van der Waals surface area (Å²) >= 11 is 0. The average Bonchev–Trinajstić information content (AvgIpc) is 3.23. The molecule has 1 aliphatic heterocycles. The summed E-state index contributed by atoms with van der Waals surface area (Å²) in [4.78, 5) is 29.1. The normalized spacial score (nSPS) is 20.7. The quantitative estimate of drug-likeness (QED) is 0.922. The van der Waals surface area contributed by atoms with Crippen LogP contribution in [0.3, 0.4) is 0 Å². The lowest BCUT2D eigenvalue weighted by Crippen LogP contribution is -2.40. The maximum Gasteiger partial charge on any atom is 0.326 e. The number of carboxylic acids is 1. The van der Waals surface area contributed by atoms with Gasteiger partial charge in [-0.3, -0.25) is 4.79 Å². The van der Waals surface area contributed by atoms with Crippen molar-refractivity contribution in [1.82, 2.24) is 9.88 Å². The zero-order valence-electron chi connectivity index (χ0n) is 12.5. The minimum Gasteiger partial charge on any atom is -0.480 e. The molecule has 2 unspecified atom stereocenters. The fourth-order valence-electron chi connectivity index (χ4n) is 2.73. The summed E-state index contributed by atoms with van der Waals surface area (Å²) in [6.45, 7) is 0.274. The maximum absolute atomic E-state index is 12.6. The third-order valence-corrected chi connectivity index (χ3v) is 3.99. The van der Waals surface area contributed by atoms with Crippen LogP contribution in [0.15, 0.2) is 41.3 Å². The first-order valence-corrected chi connectivity index (χ1v) is 7.15. The lowest BCUT2D eigenvalue weighted by atomic mass is 10.1. The molecule has 0 radical (unpaired) electrons. The molecule has 1 N–H and O–H groups in total. The fourth-order valence-corrected chi connectivity index (χ4v) is 2.73. The van der Waals surface area contributed by atoms with Crippen LogP contribution < -0.4 is 0 Å². The molecule has 2 aromatic rings. The third kappa shape index (κ3) is 2.95. The molecule has 7 heteroatoms. The molecule has 2 atom stereocenters. The van der Waals surface area contributed by atoms with E-state index in [-0.39, 0.29) is 18.6 Å². The number of oxazole rings is 1. The highest BCUT2D eigenvalue weighted by molar-refractivity contribution is 5.97.